The van der Waals surface area contributed by atoms with Gasteiger partial charge in [0, 0.05) is 5.02 Å². The van der Waals surface area contributed by atoms with Crippen LogP contribution in [0.25, 0.3) is 0 Å². The Labute approximate surface area is 130 Å². The molecule has 0 amide bonds. The summed E-state index contributed by atoms with van der Waals surface area (Å²) in [6.07, 6.45) is 0.387. The zero-order chi connectivity index (χ0) is 15.6. The molecule has 0 spiro atoms. The van der Waals surface area contributed by atoms with Crippen LogP contribution in [0.1, 0.15) is 43.7 Å². The molecule has 4 nitrogen and oxygen atoms in total. The van der Waals surface area contributed by atoms with Gasteiger partial charge in [-0.2, -0.15) is 0 Å². The average Bonchev–Trinajstić information content (AvgIpc) is 2.88. The maximum absolute atomic E-state index is 10.9. The van der Waals surface area contributed by atoms with Gasteiger partial charge in [0.05, 0.1) is 6.10 Å². The van der Waals surface area contributed by atoms with Crippen LogP contribution >= 0.6 is 11.6 Å². The van der Waals surface area contributed by atoms with Gasteiger partial charge in [-0.25, -0.2) is 4.79 Å². The Balaban J connectivity index is 2.03. The Morgan fingerprint density at radius 3 is 2.76 bits per heavy atom. The highest BCUT2D eigenvalue weighted by Gasteiger charge is 2.31. The number of benzene rings is 1. The predicted molar refractivity (Wildman–Crippen MR) is 81.3 cm³/mol. The molecule has 1 heterocycles. The van der Waals surface area contributed by atoms with Gasteiger partial charge in [0.15, 0.2) is 6.10 Å². The predicted octanol–water partition coefficient (Wildman–Crippen LogP) is 3.78. The number of carboxylic acids is 1. The minimum Gasteiger partial charge on any atom is -0.491 e. The van der Waals surface area contributed by atoms with E-state index >= 15 is 0 Å². The normalized spacial score (nSPS) is 21.8. The number of rotatable bonds is 5. The molecular formula is C16H21ClO4. The number of halogens is 1. The summed E-state index contributed by atoms with van der Waals surface area (Å²) in [7, 11) is 0. The molecule has 116 valence electrons. The molecule has 1 N–H and O–H groups in total. The Morgan fingerprint density at radius 1 is 1.48 bits per heavy atom. The molecule has 0 saturated carbocycles. The molecule has 0 aromatic heterocycles. The molecule has 2 atom stereocenters. The van der Waals surface area contributed by atoms with E-state index in [4.69, 9.17) is 26.2 Å². The van der Waals surface area contributed by atoms with E-state index in [9.17, 15) is 4.79 Å². The van der Waals surface area contributed by atoms with E-state index in [0.29, 0.717) is 25.4 Å². The van der Waals surface area contributed by atoms with Crippen molar-refractivity contribution < 1.29 is 19.4 Å². The van der Waals surface area contributed by atoms with Crippen LogP contribution in [0, 0.1) is 6.92 Å². The van der Waals surface area contributed by atoms with E-state index in [-0.39, 0.29) is 6.10 Å². The summed E-state index contributed by atoms with van der Waals surface area (Å²) in [5, 5.41) is 9.65. The molecule has 1 aliphatic heterocycles. The van der Waals surface area contributed by atoms with Crippen molar-refractivity contribution in [1.82, 2.24) is 0 Å². The monoisotopic (exact) mass is 312 g/mol. The van der Waals surface area contributed by atoms with Crippen LogP contribution in [-0.2, 0) is 9.53 Å². The largest absolute Gasteiger partial charge is 0.491 e. The molecule has 5 heteroatoms. The van der Waals surface area contributed by atoms with Gasteiger partial charge in [-0.05, 0) is 48.9 Å². The zero-order valence-electron chi connectivity index (χ0n) is 12.6. The van der Waals surface area contributed by atoms with E-state index in [1.54, 1.807) is 0 Å². The van der Waals surface area contributed by atoms with Crippen molar-refractivity contribution in [1.29, 1.82) is 0 Å². The summed E-state index contributed by atoms with van der Waals surface area (Å²) in [5.74, 6) is 0.200. The first kappa shape index (κ1) is 16.1. The molecular weight excluding hydrogens is 292 g/mol. The standard InChI is InChI=1S/C16H21ClO4/c1-9(2)12-7-13(17)10(3)6-15(12)20-8-11-4-5-14(21-11)16(18)19/h6-7,9,11,14H,4-5,8H2,1-3H3,(H,18,19). The Bertz CT molecular complexity index is 527. The first-order valence-corrected chi connectivity index (χ1v) is 7.57. The lowest BCUT2D eigenvalue weighted by atomic mass is 10.0. The minimum atomic E-state index is -0.900. The van der Waals surface area contributed by atoms with Gasteiger partial charge in [-0.1, -0.05) is 25.4 Å². The molecule has 1 aromatic rings. The topological polar surface area (TPSA) is 55.8 Å². The second-order valence-corrected chi connectivity index (χ2v) is 6.17. The smallest absolute Gasteiger partial charge is 0.332 e. The van der Waals surface area contributed by atoms with Gasteiger partial charge >= 0.3 is 5.97 Å². The van der Waals surface area contributed by atoms with E-state index in [2.05, 4.69) is 13.8 Å². The van der Waals surface area contributed by atoms with Crippen molar-refractivity contribution >= 4 is 17.6 Å². The van der Waals surface area contributed by atoms with Crippen LogP contribution in [-0.4, -0.2) is 29.9 Å². The number of hydrogen-bond acceptors (Lipinski definition) is 3. The molecule has 1 aromatic carbocycles. The van der Waals surface area contributed by atoms with Crippen LogP contribution < -0.4 is 4.74 Å². The third-order valence-corrected chi connectivity index (χ3v) is 4.13. The Hall–Kier alpha value is -1.26. The maximum atomic E-state index is 10.9. The number of aryl methyl sites for hydroxylation is 1. The van der Waals surface area contributed by atoms with Gasteiger partial charge in [-0.15, -0.1) is 0 Å². The third kappa shape index (κ3) is 3.89. The second-order valence-electron chi connectivity index (χ2n) is 5.77. The summed E-state index contributed by atoms with van der Waals surface area (Å²) in [4.78, 5) is 10.9. The lowest BCUT2D eigenvalue weighted by molar-refractivity contribution is -0.149. The maximum Gasteiger partial charge on any atom is 0.332 e. The second kappa shape index (κ2) is 6.67. The van der Waals surface area contributed by atoms with Crippen molar-refractivity contribution in [3.8, 4) is 5.75 Å². The molecule has 0 radical (unpaired) electrons. The fourth-order valence-corrected chi connectivity index (χ4v) is 2.61. The molecule has 0 aliphatic carbocycles. The first-order chi connectivity index (χ1) is 9.88. The molecule has 0 bridgehead atoms. The van der Waals surface area contributed by atoms with Crippen molar-refractivity contribution in [2.75, 3.05) is 6.61 Å². The number of ether oxygens (including phenoxy) is 2. The van der Waals surface area contributed by atoms with Gasteiger partial charge in [-0.3, -0.25) is 0 Å². The van der Waals surface area contributed by atoms with Gasteiger partial charge in [0.1, 0.15) is 12.4 Å². The summed E-state index contributed by atoms with van der Waals surface area (Å²) in [6.45, 7) is 6.47. The minimum absolute atomic E-state index is 0.165. The quantitative estimate of drug-likeness (QED) is 0.899. The van der Waals surface area contributed by atoms with Crippen LogP contribution in [0.15, 0.2) is 12.1 Å². The molecule has 1 fully saturated rings. The number of hydrogen-bond donors (Lipinski definition) is 1. The fourth-order valence-electron chi connectivity index (χ4n) is 2.44. The van der Waals surface area contributed by atoms with Crippen LogP contribution in [0.5, 0.6) is 5.75 Å². The van der Waals surface area contributed by atoms with Gasteiger partial charge in [0.2, 0.25) is 0 Å². The zero-order valence-corrected chi connectivity index (χ0v) is 13.3. The highest BCUT2D eigenvalue weighted by Crippen LogP contribution is 2.32. The Kier molecular flexibility index (Phi) is 5.12. The third-order valence-electron chi connectivity index (χ3n) is 3.72. The average molecular weight is 313 g/mol. The molecule has 2 rings (SSSR count). The van der Waals surface area contributed by atoms with E-state index in [0.717, 1.165) is 21.9 Å². The van der Waals surface area contributed by atoms with E-state index < -0.39 is 12.1 Å². The lowest BCUT2D eigenvalue weighted by Crippen LogP contribution is -2.23. The highest BCUT2D eigenvalue weighted by molar-refractivity contribution is 6.31. The summed E-state index contributed by atoms with van der Waals surface area (Å²) in [6, 6.07) is 3.87. The SMILES string of the molecule is Cc1cc(OCC2CCC(C(=O)O)O2)c(C(C)C)cc1Cl. The molecule has 1 aliphatic rings. The molecule has 21 heavy (non-hydrogen) atoms. The molecule has 2 unspecified atom stereocenters. The summed E-state index contributed by atoms with van der Waals surface area (Å²) >= 11 is 6.17. The van der Waals surface area contributed by atoms with Gasteiger partial charge in [0.25, 0.3) is 0 Å². The summed E-state index contributed by atoms with van der Waals surface area (Å²) < 4.78 is 11.3. The van der Waals surface area contributed by atoms with Crippen LogP contribution in [0.3, 0.4) is 0 Å². The number of aliphatic carboxylic acids is 1. The van der Waals surface area contributed by atoms with Crippen molar-refractivity contribution in [2.45, 2.75) is 51.7 Å². The first-order valence-electron chi connectivity index (χ1n) is 7.19. The number of carboxylic acid groups (broad SMARTS) is 1. The van der Waals surface area contributed by atoms with E-state index in [1.807, 2.05) is 19.1 Å². The summed E-state index contributed by atoms with van der Waals surface area (Å²) in [5.41, 5.74) is 2.02. The fraction of sp³-hybridized carbons (Fsp3) is 0.562. The van der Waals surface area contributed by atoms with Crippen LogP contribution in [0.2, 0.25) is 5.02 Å². The van der Waals surface area contributed by atoms with Crippen molar-refractivity contribution in [3.05, 3.63) is 28.3 Å². The number of carbonyl (C=O) groups is 1. The van der Waals surface area contributed by atoms with Crippen molar-refractivity contribution in [2.24, 2.45) is 0 Å². The van der Waals surface area contributed by atoms with E-state index in [1.165, 1.54) is 0 Å². The van der Waals surface area contributed by atoms with Crippen LogP contribution in [0.4, 0.5) is 0 Å². The lowest BCUT2D eigenvalue weighted by Gasteiger charge is -2.18. The Morgan fingerprint density at radius 2 is 2.19 bits per heavy atom. The van der Waals surface area contributed by atoms with Gasteiger partial charge < -0.3 is 14.6 Å². The molecule has 1 saturated heterocycles. The highest BCUT2D eigenvalue weighted by atomic mass is 35.5. The van der Waals surface area contributed by atoms with Crippen molar-refractivity contribution in [3.63, 3.8) is 0 Å².